The summed E-state index contributed by atoms with van der Waals surface area (Å²) in [5.74, 6) is -1.71. The predicted molar refractivity (Wildman–Crippen MR) is 86.6 cm³/mol. The van der Waals surface area contributed by atoms with Crippen LogP contribution in [0, 0.1) is 11.3 Å². The van der Waals surface area contributed by atoms with Gasteiger partial charge in [-0.2, -0.15) is 0 Å². The second-order valence-electron chi connectivity index (χ2n) is 6.11. The molecule has 0 bridgehead atoms. The summed E-state index contributed by atoms with van der Waals surface area (Å²) in [6.45, 7) is 3.60. The Balaban J connectivity index is 2.07. The van der Waals surface area contributed by atoms with Crippen LogP contribution in [-0.2, 0) is 9.59 Å². The van der Waals surface area contributed by atoms with Gasteiger partial charge in [-0.05, 0) is 31.0 Å². The lowest BCUT2D eigenvalue weighted by Gasteiger charge is -2.13. The van der Waals surface area contributed by atoms with Crippen molar-refractivity contribution in [3.8, 4) is 0 Å². The van der Waals surface area contributed by atoms with Crippen molar-refractivity contribution >= 4 is 35.1 Å². The normalized spacial score (nSPS) is 15.1. The minimum Gasteiger partial charge on any atom is -0.481 e. The smallest absolute Gasteiger partial charge is 0.311 e. The summed E-state index contributed by atoms with van der Waals surface area (Å²) in [5, 5.41) is 14.7. The minimum atomic E-state index is -0.901. The lowest BCUT2D eigenvalue weighted by molar-refractivity contribution is -0.143. The summed E-state index contributed by atoms with van der Waals surface area (Å²) in [7, 11) is 0. The maximum absolute atomic E-state index is 12.2. The largest absolute Gasteiger partial charge is 0.481 e. The lowest BCUT2D eigenvalue weighted by atomic mass is 10.1. The predicted octanol–water partition coefficient (Wildman–Crippen LogP) is 2.53. The molecule has 3 N–H and O–H groups in total. The third kappa shape index (κ3) is 4.01. The first-order valence-electron chi connectivity index (χ1n) is 7.37. The first kappa shape index (κ1) is 17.3. The van der Waals surface area contributed by atoms with Gasteiger partial charge in [0.05, 0.1) is 16.0 Å². The number of anilines is 1. The van der Waals surface area contributed by atoms with E-state index in [0.29, 0.717) is 18.5 Å². The van der Waals surface area contributed by atoms with E-state index in [-0.39, 0.29) is 29.0 Å². The van der Waals surface area contributed by atoms with Crippen molar-refractivity contribution < 1.29 is 19.5 Å². The molecule has 0 radical (unpaired) electrons. The molecule has 0 saturated heterocycles. The summed E-state index contributed by atoms with van der Waals surface area (Å²) in [6.07, 6.45) is 1.11. The van der Waals surface area contributed by atoms with E-state index in [1.165, 1.54) is 12.1 Å². The fourth-order valence-electron chi connectivity index (χ4n) is 2.03. The summed E-state index contributed by atoms with van der Waals surface area (Å²) in [5.41, 5.74) is -0.168. The average Bonchev–Trinajstić information content (AvgIpc) is 3.28. The Morgan fingerprint density at radius 1 is 1.30 bits per heavy atom. The number of hydrogen-bond acceptors (Lipinski definition) is 3. The number of benzene rings is 1. The first-order chi connectivity index (χ1) is 10.7. The zero-order valence-corrected chi connectivity index (χ0v) is 13.7. The molecular weight excluding hydrogens is 320 g/mol. The standard InChI is InChI=1S/C16H19ClN2O4/c1-9(2)13(20)19-10-3-4-12(17)11(7-10)14(21)18-8-16(5-6-16)15(22)23/h3-4,7,9H,5-6,8H2,1-2H3,(H,18,21)(H,19,20)(H,22,23). The Kier molecular flexibility index (Phi) is 4.94. The van der Waals surface area contributed by atoms with Crippen molar-refractivity contribution in [1.82, 2.24) is 5.32 Å². The van der Waals surface area contributed by atoms with Crippen molar-refractivity contribution in [1.29, 1.82) is 0 Å². The van der Waals surface area contributed by atoms with Crippen LogP contribution in [0.25, 0.3) is 0 Å². The van der Waals surface area contributed by atoms with Crippen LogP contribution in [0.5, 0.6) is 0 Å². The number of carbonyl (C=O) groups is 3. The maximum atomic E-state index is 12.2. The lowest BCUT2D eigenvalue weighted by Crippen LogP contribution is -2.34. The second kappa shape index (κ2) is 6.58. The van der Waals surface area contributed by atoms with E-state index in [0.717, 1.165) is 0 Å². The molecule has 2 amide bonds. The molecule has 7 heteroatoms. The van der Waals surface area contributed by atoms with Crippen molar-refractivity contribution in [2.24, 2.45) is 11.3 Å². The van der Waals surface area contributed by atoms with Crippen molar-refractivity contribution in [3.63, 3.8) is 0 Å². The van der Waals surface area contributed by atoms with Crippen LogP contribution in [0.1, 0.15) is 37.0 Å². The molecule has 0 aliphatic heterocycles. The molecule has 1 aliphatic rings. The summed E-state index contributed by atoms with van der Waals surface area (Å²) in [4.78, 5) is 35.1. The van der Waals surface area contributed by atoms with Crippen molar-refractivity contribution in [2.75, 3.05) is 11.9 Å². The number of carboxylic acid groups (broad SMARTS) is 1. The molecule has 0 atom stereocenters. The van der Waals surface area contributed by atoms with Crippen molar-refractivity contribution in [3.05, 3.63) is 28.8 Å². The van der Waals surface area contributed by atoms with E-state index in [9.17, 15) is 14.4 Å². The Bertz CT molecular complexity index is 653. The monoisotopic (exact) mass is 338 g/mol. The SMILES string of the molecule is CC(C)C(=O)Nc1ccc(Cl)c(C(=O)NCC2(C(=O)O)CC2)c1. The van der Waals surface area contributed by atoms with Crippen molar-refractivity contribution in [2.45, 2.75) is 26.7 Å². The van der Waals surface area contributed by atoms with E-state index < -0.39 is 17.3 Å². The summed E-state index contributed by atoms with van der Waals surface area (Å²) in [6, 6.07) is 4.62. The molecule has 0 unspecified atom stereocenters. The number of rotatable bonds is 6. The molecule has 0 aromatic heterocycles. The van der Waals surface area contributed by atoms with Gasteiger partial charge < -0.3 is 15.7 Å². The van der Waals surface area contributed by atoms with Crippen LogP contribution < -0.4 is 10.6 Å². The Labute approximate surface area is 139 Å². The van der Waals surface area contributed by atoms with E-state index in [1.54, 1.807) is 19.9 Å². The van der Waals surface area contributed by atoms with E-state index in [1.807, 2.05) is 0 Å². The highest BCUT2D eigenvalue weighted by Gasteiger charge is 2.50. The van der Waals surface area contributed by atoms with Gasteiger partial charge in [0.2, 0.25) is 5.91 Å². The number of carboxylic acids is 1. The Morgan fingerprint density at radius 2 is 1.96 bits per heavy atom. The molecule has 1 aromatic rings. The molecule has 1 aromatic carbocycles. The highest BCUT2D eigenvalue weighted by atomic mass is 35.5. The topological polar surface area (TPSA) is 95.5 Å². The van der Waals surface area contributed by atoms with Gasteiger partial charge in [-0.3, -0.25) is 14.4 Å². The summed E-state index contributed by atoms with van der Waals surface area (Å²) >= 11 is 6.03. The van der Waals surface area contributed by atoms with Gasteiger partial charge in [0.1, 0.15) is 0 Å². The van der Waals surface area contributed by atoms with Crippen LogP contribution in [0.3, 0.4) is 0 Å². The van der Waals surface area contributed by atoms with Crippen LogP contribution in [-0.4, -0.2) is 29.4 Å². The van der Waals surface area contributed by atoms with E-state index in [4.69, 9.17) is 16.7 Å². The quantitative estimate of drug-likeness (QED) is 0.742. The van der Waals surface area contributed by atoms with Gasteiger partial charge >= 0.3 is 5.97 Å². The molecule has 23 heavy (non-hydrogen) atoms. The molecule has 0 spiro atoms. The molecule has 2 rings (SSSR count). The number of carbonyl (C=O) groups excluding carboxylic acids is 2. The first-order valence-corrected chi connectivity index (χ1v) is 7.75. The zero-order chi connectivity index (χ0) is 17.2. The Hall–Kier alpha value is -2.08. The fraction of sp³-hybridized carbons (Fsp3) is 0.438. The fourth-order valence-corrected chi connectivity index (χ4v) is 2.23. The van der Waals surface area contributed by atoms with Gasteiger partial charge in [0.25, 0.3) is 5.91 Å². The number of hydrogen-bond donors (Lipinski definition) is 3. The zero-order valence-electron chi connectivity index (χ0n) is 13.0. The number of amides is 2. The number of nitrogens with one attached hydrogen (secondary N) is 2. The van der Waals surface area contributed by atoms with Crippen LogP contribution in [0.4, 0.5) is 5.69 Å². The summed E-state index contributed by atoms with van der Waals surface area (Å²) < 4.78 is 0. The molecular formula is C16H19ClN2O4. The van der Waals surface area contributed by atoms with E-state index >= 15 is 0 Å². The van der Waals surface area contributed by atoms with Gasteiger partial charge in [0, 0.05) is 18.2 Å². The van der Waals surface area contributed by atoms with Crippen LogP contribution >= 0.6 is 11.6 Å². The molecule has 6 nitrogen and oxygen atoms in total. The van der Waals surface area contributed by atoms with Gasteiger partial charge in [-0.25, -0.2) is 0 Å². The minimum absolute atomic E-state index is 0.0695. The van der Waals surface area contributed by atoms with Gasteiger partial charge in [0.15, 0.2) is 0 Å². The van der Waals surface area contributed by atoms with Crippen LogP contribution in [0.2, 0.25) is 5.02 Å². The van der Waals surface area contributed by atoms with Gasteiger partial charge in [-0.15, -0.1) is 0 Å². The average molecular weight is 339 g/mol. The molecule has 1 saturated carbocycles. The van der Waals surface area contributed by atoms with Gasteiger partial charge in [-0.1, -0.05) is 25.4 Å². The van der Waals surface area contributed by atoms with E-state index in [2.05, 4.69) is 10.6 Å². The number of halogens is 1. The van der Waals surface area contributed by atoms with Crippen LogP contribution in [0.15, 0.2) is 18.2 Å². The molecule has 124 valence electrons. The molecule has 1 aliphatic carbocycles. The third-order valence-electron chi connectivity index (χ3n) is 3.90. The Morgan fingerprint density at radius 3 is 2.48 bits per heavy atom. The molecule has 0 heterocycles. The second-order valence-corrected chi connectivity index (χ2v) is 6.51. The molecule has 1 fully saturated rings. The maximum Gasteiger partial charge on any atom is 0.311 e. The third-order valence-corrected chi connectivity index (χ3v) is 4.23. The highest BCUT2D eigenvalue weighted by molar-refractivity contribution is 6.34. The highest BCUT2D eigenvalue weighted by Crippen LogP contribution is 2.45. The number of aliphatic carboxylic acids is 1.